The fourth-order valence-electron chi connectivity index (χ4n) is 1.65. The van der Waals surface area contributed by atoms with Crippen LogP contribution in [0.2, 0.25) is 0 Å². The van der Waals surface area contributed by atoms with Crippen LogP contribution >= 0.6 is 22.6 Å². The molecule has 1 saturated heterocycles. The SMILES string of the molecule is CC(C)C(=O)O[C@H]1[C@H](O)[C@H](O)[C@H](I)OC1(C)C. The number of aliphatic hydroxyl groups excluding tert-OH is 2. The summed E-state index contributed by atoms with van der Waals surface area (Å²) < 4.78 is 10.2. The van der Waals surface area contributed by atoms with Gasteiger partial charge in [-0.25, -0.2) is 0 Å². The Kier molecular flexibility index (Phi) is 4.79. The lowest BCUT2D eigenvalue weighted by atomic mass is 9.90. The first-order chi connectivity index (χ1) is 7.66. The highest BCUT2D eigenvalue weighted by Gasteiger charge is 2.50. The van der Waals surface area contributed by atoms with Gasteiger partial charge in [0.15, 0.2) is 6.10 Å². The fraction of sp³-hybridized carbons (Fsp3) is 0.909. The highest BCUT2D eigenvalue weighted by Crippen LogP contribution is 2.34. The van der Waals surface area contributed by atoms with Gasteiger partial charge in [-0.3, -0.25) is 4.79 Å². The number of ether oxygens (including phenoxy) is 2. The van der Waals surface area contributed by atoms with Crippen LogP contribution in [0.5, 0.6) is 0 Å². The number of carbonyl (C=O) groups excluding carboxylic acids is 1. The Hall–Kier alpha value is 0.0800. The van der Waals surface area contributed by atoms with Crippen molar-refractivity contribution >= 4 is 28.6 Å². The summed E-state index contributed by atoms with van der Waals surface area (Å²) in [4.78, 5) is 11.6. The third-order valence-corrected chi connectivity index (χ3v) is 3.74. The molecule has 0 aromatic heterocycles. The molecule has 0 aromatic rings. The molecule has 0 unspecified atom stereocenters. The minimum absolute atomic E-state index is 0.285. The largest absolute Gasteiger partial charge is 0.456 e. The molecule has 1 heterocycles. The molecular weight excluding hydrogens is 339 g/mol. The second-order valence-electron chi connectivity index (χ2n) is 5.07. The molecule has 0 spiro atoms. The molecule has 0 bridgehead atoms. The van der Waals surface area contributed by atoms with E-state index in [4.69, 9.17) is 9.47 Å². The lowest BCUT2D eigenvalue weighted by Crippen LogP contribution is -2.62. The number of hydrogen-bond donors (Lipinski definition) is 2. The normalized spacial score (nSPS) is 36.9. The summed E-state index contributed by atoms with van der Waals surface area (Å²) in [5.74, 6) is -0.697. The summed E-state index contributed by atoms with van der Waals surface area (Å²) >= 11 is 1.91. The van der Waals surface area contributed by atoms with Gasteiger partial charge in [-0.15, -0.1) is 0 Å². The van der Waals surface area contributed by atoms with E-state index in [1.165, 1.54) is 0 Å². The predicted molar refractivity (Wildman–Crippen MR) is 69.7 cm³/mol. The second-order valence-corrected chi connectivity index (χ2v) is 6.29. The van der Waals surface area contributed by atoms with Crippen LogP contribution < -0.4 is 0 Å². The second kappa shape index (κ2) is 5.38. The molecule has 17 heavy (non-hydrogen) atoms. The average molecular weight is 358 g/mol. The first-order valence-electron chi connectivity index (χ1n) is 5.55. The zero-order valence-corrected chi connectivity index (χ0v) is 12.5. The van der Waals surface area contributed by atoms with Crippen molar-refractivity contribution in [2.75, 3.05) is 0 Å². The van der Waals surface area contributed by atoms with Crippen LogP contribution in [-0.2, 0) is 14.3 Å². The summed E-state index contributed by atoms with van der Waals surface area (Å²) in [5, 5.41) is 19.7. The van der Waals surface area contributed by atoms with Crippen LogP contribution in [0.4, 0.5) is 0 Å². The number of rotatable bonds is 2. The van der Waals surface area contributed by atoms with Crippen LogP contribution in [0.3, 0.4) is 0 Å². The molecule has 1 aliphatic heterocycles. The molecule has 0 radical (unpaired) electrons. The lowest BCUT2D eigenvalue weighted by Gasteiger charge is -2.45. The molecule has 1 aliphatic rings. The summed E-state index contributed by atoms with van der Waals surface area (Å²) in [5.41, 5.74) is -0.824. The van der Waals surface area contributed by atoms with Crippen LogP contribution in [0.15, 0.2) is 0 Å². The molecule has 5 nitrogen and oxygen atoms in total. The molecule has 0 aromatic carbocycles. The minimum Gasteiger partial charge on any atom is -0.456 e. The van der Waals surface area contributed by atoms with Crippen molar-refractivity contribution in [2.24, 2.45) is 5.92 Å². The van der Waals surface area contributed by atoms with Crippen LogP contribution in [0, 0.1) is 5.92 Å². The van der Waals surface area contributed by atoms with Gasteiger partial charge in [-0.2, -0.15) is 0 Å². The maximum Gasteiger partial charge on any atom is 0.308 e. The Bertz CT molecular complexity index is 292. The Balaban J connectivity index is 2.83. The van der Waals surface area contributed by atoms with Gasteiger partial charge in [0.2, 0.25) is 0 Å². The smallest absolute Gasteiger partial charge is 0.308 e. The molecule has 6 heteroatoms. The standard InChI is InChI=1S/C11H19IO5/c1-5(2)10(15)16-8-6(13)7(14)9(12)17-11(8,3)4/h5-9,13-14H,1-4H3/t6-,7+,8+,9-/m1/s1. The molecule has 0 saturated carbocycles. The topological polar surface area (TPSA) is 76.0 Å². The third kappa shape index (κ3) is 3.30. The Morgan fingerprint density at radius 2 is 1.88 bits per heavy atom. The van der Waals surface area contributed by atoms with Crippen molar-refractivity contribution in [3.8, 4) is 0 Å². The highest BCUT2D eigenvalue weighted by molar-refractivity contribution is 14.1. The van der Waals surface area contributed by atoms with Crippen LogP contribution in [0.1, 0.15) is 27.7 Å². The number of carbonyl (C=O) groups is 1. The van der Waals surface area contributed by atoms with Crippen molar-refractivity contribution < 1.29 is 24.5 Å². The molecule has 4 atom stereocenters. The summed E-state index contributed by atoms with van der Waals surface area (Å²) in [6.45, 7) is 6.88. The highest BCUT2D eigenvalue weighted by atomic mass is 127. The van der Waals surface area contributed by atoms with Gasteiger partial charge in [0.25, 0.3) is 0 Å². The van der Waals surface area contributed by atoms with E-state index in [1.54, 1.807) is 27.7 Å². The van der Waals surface area contributed by atoms with Crippen molar-refractivity contribution in [1.29, 1.82) is 0 Å². The first kappa shape index (κ1) is 15.1. The maximum atomic E-state index is 11.6. The van der Waals surface area contributed by atoms with E-state index in [0.717, 1.165) is 0 Å². The van der Waals surface area contributed by atoms with Crippen molar-refractivity contribution in [3.05, 3.63) is 0 Å². The Labute approximate surface area is 115 Å². The minimum atomic E-state index is -1.14. The molecule has 2 N–H and O–H groups in total. The quantitative estimate of drug-likeness (QED) is 0.435. The monoisotopic (exact) mass is 358 g/mol. The molecule has 0 amide bonds. The van der Waals surface area contributed by atoms with E-state index >= 15 is 0 Å². The van der Waals surface area contributed by atoms with Gasteiger partial charge in [0.05, 0.1) is 5.92 Å². The van der Waals surface area contributed by atoms with E-state index in [-0.39, 0.29) is 5.92 Å². The van der Waals surface area contributed by atoms with E-state index < -0.39 is 34.0 Å². The van der Waals surface area contributed by atoms with Gasteiger partial charge in [0.1, 0.15) is 21.9 Å². The summed E-state index contributed by atoms with van der Waals surface area (Å²) in [7, 11) is 0. The Morgan fingerprint density at radius 3 is 2.35 bits per heavy atom. The molecule has 1 fully saturated rings. The fourth-order valence-corrected chi connectivity index (χ4v) is 2.73. The van der Waals surface area contributed by atoms with E-state index in [2.05, 4.69) is 0 Å². The Morgan fingerprint density at radius 1 is 1.35 bits per heavy atom. The van der Waals surface area contributed by atoms with Gasteiger partial charge in [-0.1, -0.05) is 13.8 Å². The zero-order valence-electron chi connectivity index (χ0n) is 10.4. The molecular formula is C11H19IO5. The third-order valence-electron chi connectivity index (χ3n) is 2.74. The number of hydrogen-bond acceptors (Lipinski definition) is 5. The number of alkyl halides is 1. The molecule has 1 rings (SSSR count). The maximum absolute atomic E-state index is 11.6. The number of halogens is 1. The van der Waals surface area contributed by atoms with E-state index in [1.807, 2.05) is 22.6 Å². The van der Waals surface area contributed by atoms with Crippen LogP contribution in [-0.4, -0.2) is 44.2 Å². The lowest BCUT2D eigenvalue weighted by molar-refractivity contribution is -0.241. The summed E-state index contributed by atoms with van der Waals surface area (Å²) in [6.07, 6.45) is -3.06. The van der Waals surface area contributed by atoms with E-state index in [0.29, 0.717) is 0 Å². The first-order valence-corrected chi connectivity index (χ1v) is 6.80. The number of aliphatic hydroxyl groups is 2. The van der Waals surface area contributed by atoms with Gasteiger partial charge in [-0.05, 0) is 36.4 Å². The van der Waals surface area contributed by atoms with Gasteiger partial charge < -0.3 is 19.7 Å². The van der Waals surface area contributed by atoms with Crippen LogP contribution in [0.25, 0.3) is 0 Å². The van der Waals surface area contributed by atoms with Crippen molar-refractivity contribution in [3.63, 3.8) is 0 Å². The molecule has 0 aliphatic carbocycles. The van der Waals surface area contributed by atoms with Gasteiger partial charge in [0, 0.05) is 0 Å². The predicted octanol–water partition coefficient (Wildman–Crippen LogP) is 0.846. The zero-order chi connectivity index (χ0) is 13.4. The van der Waals surface area contributed by atoms with Crippen molar-refractivity contribution in [2.45, 2.75) is 55.7 Å². The summed E-state index contributed by atoms with van der Waals surface area (Å²) in [6, 6.07) is 0. The molecule has 100 valence electrons. The average Bonchev–Trinajstić information content (AvgIpc) is 2.20. The van der Waals surface area contributed by atoms with Gasteiger partial charge >= 0.3 is 5.97 Å². The number of esters is 1. The van der Waals surface area contributed by atoms with E-state index in [9.17, 15) is 15.0 Å². The van der Waals surface area contributed by atoms with Crippen molar-refractivity contribution in [1.82, 2.24) is 0 Å².